The van der Waals surface area contributed by atoms with Crippen molar-refractivity contribution in [3.8, 4) is 0 Å². The number of allylic oxidation sites excluding steroid dienone is 1. The van der Waals surface area contributed by atoms with Crippen LogP contribution in [0.4, 0.5) is 0 Å². The zero-order valence-electron chi connectivity index (χ0n) is 7.51. The van der Waals surface area contributed by atoms with E-state index in [4.69, 9.17) is 9.16 Å². The molecule has 1 unspecified atom stereocenters. The lowest BCUT2D eigenvalue weighted by atomic mass is 10.8. The third-order valence-electron chi connectivity index (χ3n) is 1.34. The zero-order chi connectivity index (χ0) is 8.53. The molecular formula is C8H18O2Si. The minimum absolute atomic E-state index is 0.785. The van der Waals surface area contributed by atoms with E-state index in [1.165, 1.54) is 0 Å². The Hall–Kier alpha value is -0.123. The van der Waals surface area contributed by atoms with Crippen LogP contribution in [0.1, 0.15) is 13.8 Å². The molecule has 11 heavy (non-hydrogen) atoms. The molecule has 0 aromatic heterocycles. The number of ether oxygens (including phenoxy) is 1. The Morgan fingerprint density at radius 1 is 1.36 bits per heavy atom. The van der Waals surface area contributed by atoms with Crippen molar-refractivity contribution in [1.29, 1.82) is 0 Å². The Balaban J connectivity index is 3.41. The van der Waals surface area contributed by atoms with E-state index in [0.717, 1.165) is 25.5 Å². The average Bonchev–Trinajstić information content (AvgIpc) is 2.01. The molecule has 0 radical (unpaired) electrons. The van der Waals surface area contributed by atoms with Gasteiger partial charge in [-0.05, 0) is 19.9 Å². The van der Waals surface area contributed by atoms with Gasteiger partial charge in [0.05, 0.1) is 6.23 Å². The number of hydrogen-bond donors (Lipinski definition) is 0. The summed E-state index contributed by atoms with van der Waals surface area (Å²) >= 11 is 0. The third-order valence-corrected chi connectivity index (χ3v) is 3.61. The SMILES string of the molecule is C=CC[SiH](COCC)OCC. The second kappa shape index (κ2) is 7.98. The molecule has 0 heterocycles. The molecule has 0 spiro atoms. The van der Waals surface area contributed by atoms with Gasteiger partial charge in [-0.1, -0.05) is 6.08 Å². The third kappa shape index (κ3) is 6.28. The summed E-state index contributed by atoms with van der Waals surface area (Å²) in [6.45, 7) is 9.31. The normalized spacial score (nSPS) is 12.9. The van der Waals surface area contributed by atoms with Crippen LogP contribution in [0.2, 0.25) is 6.04 Å². The van der Waals surface area contributed by atoms with Gasteiger partial charge >= 0.3 is 0 Å². The predicted octanol–water partition coefficient (Wildman–Crippen LogP) is 1.51. The highest BCUT2D eigenvalue weighted by Gasteiger charge is 2.08. The minimum Gasteiger partial charge on any atom is -0.418 e. The summed E-state index contributed by atoms with van der Waals surface area (Å²) in [5.74, 6) is 0. The van der Waals surface area contributed by atoms with Crippen molar-refractivity contribution in [3.63, 3.8) is 0 Å². The Bertz CT molecular complexity index is 96.1. The van der Waals surface area contributed by atoms with E-state index in [9.17, 15) is 0 Å². The molecule has 66 valence electrons. The first-order valence-corrected chi connectivity index (χ1v) is 6.25. The second-order valence-electron chi connectivity index (χ2n) is 2.26. The summed E-state index contributed by atoms with van der Waals surface area (Å²) in [6, 6.07) is 1.01. The van der Waals surface area contributed by atoms with Crippen molar-refractivity contribution < 1.29 is 9.16 Å². The Labute approximate surface area is 70.9 Å². The molecule has 0 rings (SSSR count). The van der Waals surface area contributed by atoms with Crippen LogP contribution in [-0.2, 0) is 9.16 Å². The van der Waals surface area contributed by atoms with Crippen LogP contribution in [-0.4, -0.2) is 28.5 Å². The largest absolute Gasteiger partial charge is 0.418 e. The first-order valence-electron chi connectivity index (χ1n) is 4.15. The quantitative estimate of drug-likeness (QED) is 0.430. The average molecular weight is 174 g/mol. The molecule has 0 aliphatic heterocycles. The van der Waals surface area contributed by atoms with E-state index in [0.29, 0.717) is 0 Å². The van der Waals surface area contributed by atoms with E-state index >= 15 is 0 Å². The fraction of sp³-hybridized carbons (Fsp3) is 0.750. The minimum atomic E-state index is -1.09. The molecule has 0 fully saturated rings. The predicted molar refractivity (Wildman–Crippen MR) is 50.3 cm³/mol. The van der Waals surface area contributed by atoms with Gasteiger partial charge in [0.2, 0.25) is 9.04 Å². The zero-order valence-corrected chi connectivity index (χ0v) is 8.66. The van der Waals surface area contributed by atoms with Gasteiger partial charge in [0.25, 0.3) is 0 Å². The molecule has 0 bridgehead atoms. The molecule has 0 saturated heterocycles. The summed E-state index contributed by atoms with van der Waals surface area (Å²) in [5, 5.41) is 0. The molecule has 0 aromatic rings. The second-order valence-corrected chi connectivity index (χ2v) is 4.64. The Morgan fingerprint density at radius 2 is 2.09 bits per heavy atom. The van der Waals surface area contributed by atoms with E-state index < -0.39 is 9.04 Å². The standard InChI is InChI=1S/C8H18O2Si/c1-4-7-11(10-6-3)8-9-5-2/h4,11H,1,5-8H2,2-3H3. The summed E-state index contributed by atoms with van der Waals surface area (Å²) in [6.07, 6.45) is 2.74. The number of hydrogen-bond acceptors (Lipinski definition) is 2. The fourth-order valence-corrected chi connectivity index (χ4v) is 2.57. The smallest absolute Gasteiger partial charge is 0.205 e. The van der Waals surface area contributed by atoms with Crippen molar-refractivity contribution in [3.05, 3.63) is 12.7 Å². The van der Waals surface area contributed by atoms with Crippen LogP contribution < -0.4 is 0 Å². The van der Waals surface area contributed by atoms with Crippen molar-refractivity contribution in [2.45, 2.75) is 19.9 Å². The molecule has 0 N–H and O–H groups in total. The number of rotatable bonds is 7. The first-order chi connectivity index (χ1) is 5.35. The Kier molecular flexibility index (Phi) is 7.89. The monoisotopic (exact) mass is 174 g/mol. The highest BCUT2D eigenvalue weighted by atomic mass is 28.3. The van der Waals surface area contributed by atoms with Gasteiger partial charge in [0.15, 0.2) is 0 Å². The molecular weight excluding hydrogens is 156 g/mol. The topological polar surface area (TPSA) is 18.5 Å². The molecule has 0 saturated carbocycles. The molecule has 0 aliphatic rings. The van der Waals surface area contributed by atoms with Gasteiger partial charge in [-0.2, -0.15) is 0 Å². The first kappa shape index (κ1) is 10.9. The molecule has 2 nitrogen and oxygen atoms in total. The van der Waals surface area contributed by atoms with Crippen LogP contribution in [0.5, 0.6) is 0 Å². The van der Waals surface area contributed by atoms with Gasteiger partial charge in [-0.15, -0.1) is 6.58 Å². The van der Waals surface area contributed by atoms with Crippen molar-refractivity contribution in [1.82, 2.24) is 0 Å². The van der Waals surface area contributed by atoms with Crippen molar-refractivity contribution >= 4 is 9.04 Å². The van der Waals surface area contributed by atoms with Crippen LogP contribution in [0.15, 0.2) is 12.7 Å². The van der Waals surface area contributed by atoms with Crippen molar-refractivity contribution in [2.75, 3.05) is 19.4 Å². The molecule has 0 aromatic carbocycles. The maximum atomic E-state index is 5.53. The van der Waals surface area contributed by atoms with Crippen LogP contribution in [0.25, 0.3) is 0 Å². The molecule has 0 amide bonds. The van der Waals surface area contributed by atoms with Crippen LogP contribution in [0.3, 0.4) is 0 Å². The van der Waals surface area contributed by atoms with Gasteiger partial charge in [0.1, 0.15) is 0 Å². The maximum Gasteiger partial charge on any atom is 0.205 e. The van der Waals surface area contributed by atoms with Gasteiger partial charge in [-0.25, -0.2) is 0 Å². The van der Waals surface area contributed by atoms with Crippen molar-refractivity contribution in [2.24, 2.45) is 0 Å². The summed E-state index contributed by atoms with van der Waals surface area (Å²) in [7, 11) is -1.09. The fourth-order valence-electron chi connectivity index (χ4n) is 0.855. The van der Waals surface area contributed by atoms with Gasteiger partial charge in [0, 0.05) is 13.2 Å². The Morgan fingerprint density at radius 3 is 2.55 bits per heavy atom. The summed E-state index contributed by atoms with van der Waals surface area (Å²) in [4.78, 5) is 0. The van der Waals surface area contributed by atoms with E-state index in [1.54, 1.807) is 0 Å². The lowest BCUT2D eigenvalue weighted by molar-refractivity contribution is 0.173. The van der Waals surface area contributed by atoms with E-state index in [2.05, 4.69) is 6.58 Å². The van der Waals surface area contributed by atoms with Gasteiger partial charge < -0.3 is 9.16 Å². The summed E-state index contributed by atoms with van der Waals surface area (Å²) < 4.78 is 10.8. The van der Waals surface area contributed by atoms with E-state index in [-0.39, 0.29) is 0 Å². The van der Waals surface area contributed by atoms with Crippen LogP contribution in [0, 0.1) is 0 Å². The van der Waals surface area contributed by atoms with Crippen LogP contribution >= 0.6 is 0 Å². The molecule has 1 atom stereocenters. The van der Waals surface area contributed by atoms with Gasteiger partial charge in [-0.3, -0.25) is 0 Å². The molecule has 3 heteroatoms. The molecule has 0 aliphatic carbocycles. The summed E-state index contributed by atoms with van der Waals surface area (Å²) in [5.41, 5.74) is 0. The van der Waals surface area contributed by atoms with E-state index in [1.807, 2.05) is 19.9 Å². The maximum absolute atomic E-state index is 5.53. The highest BCUT2D eigenvalue weighted by Crippen LogP contribution is 1.96. The lowest BCUT2D eigenvalue weighted by Crippen LogP contribution is -2.24. The highest BCUT2D eigenvalue weighted by molar-refractivity contribution is 6.52. The lowest BCUT2D eigenvalue weighted by Gasteiger charge is -2.12.